The monoisotopic (exact) mass is 338 g/mol. The van der Waals surface area contributed by atoms with Gasteiger partial charge in [-0.05, 0) is 50.5 Å². The van der Waals surface area contributed by atoms with Crippen LogP contribution in [0.2, 0.25) is 0 Å². The van der Waals surface area contributed by atoms with Crippen LogP contribution in [0.1, 0.15) is 0 Å². The van der Waals surface area contributed by atoms with E-state index in [9.17, 15) is 12.8 Å². The van der Waals surface area contributed by atoms with Crippen LogP contribution in [0.4, 0.5) is 15.9 Å². The fourth-order valence-electron chi connectivity index (χ4n) is 1.79. The molecule has 0 saturated heterocycles. The van der Waals surface area contributed by atoms with Gasteiger partial charge >= 0.3 is 0 Å². The zero-order valence-electron chi connectivity index (χ0n) is 13.0. The molecule has 0 aliphatic rings. The Hall–Kier alpha value is -2.19. The number of nitrogens with one attached hydrogen (secondary N) is 2. The molecule has 0 aliphatic carbocycles. The summed E-state index contributed by atoms with van der Waals surface area (Å²) < 4.78 is 39.6. The van der Waals surface area contributed by atoms with Crippen molar-refractivity contribution in [2.24, 2.45) is 0 Å². The summed E-state index contributed by atoms with van der Waals surface area (Å²) >= 11 is 0. The molecule has 2 N–H and O–H groups in total. The van der Waals surface area contributed by atoms with Crippen LogP contribution in [0.5, 0.6) is 0 Å². The number of sulfonamides is 1. The Balaban J connectivity index is 2.01. The quantitative estimate of drug-likeness (QED) is 0.808. The van der Waals surface area contributed by atoms with Gasteiger partial charge in [0.15, 0.2) is 0 Å². The highest BCUT2D eigenvalue weighted by Gasteiger charge is 2.14. The molecule has 1 aromatic heterocycles. The molecule has 2 aromatic rings. The minimum Gasteiger partial charge on any atom is -0.369 e. The number of benzene rings is 1. The molecule has 6 nitrogen and oxygen atoms in total. The molecule has 23 heavy (non-hydrogen) atoms. The summed E-state index contributed by atoms with van der Waals surface area (Å²) in [5, 5.41) is 3.13. The Bertz CT molecular complexity index is 731. The third-order valence-electron chi connectivity index (χ3n) is 3.00. The first-order valence-corrected chi connectivity index (χ1v) is 8.48. The summed E-state index contributed by atoms with van der Waals surface area (Å²) in [5.74, 6) is 0.176. The van der Waals surface area contributed by atoms with E-state index in [1.165, 1.54) is 18.3 Å². The molecular formula is C15H19FN4O2S. The van der Waals surface area contributed by atoms with E-state index in [4.69, 9.17) is 0 Å². The van der Waals surface area contributed by atoms with E-state index in [1.807, 2.05) is 19.0 Å². The van der Waals surface area contributed by atoms with E-state index in [1.54, 1.807) is 12.1 Å². The van der Waals surface area contributed by atoms with Crippen molar-refractivity contribution in [3.8, 4) is 0 Å². The van der Waals surface area contributed by atoms with Gasteiger partial charge in [-0.2, -0.15) is 0 Å². The fourth-order valence-corrected chi connectivity index (χ4v) is 2.84. The standard InChI is InChI=1S/C15H19FN4O2S/c1-20(2)10-9-17-15-8-5-13(11-18-15)19-23(21,22)14-6-3-12(16)4-7-14/h3-8,11,19H,9-10H2,1-2H3,(H,17,18). The Morgan fingerprint density at radius 3 is 2.39 bits per heavy atom. The Morgan fingerprint density at radius 1 is 1.13 bits per heavy atom. The molecule has 0 unspecified atom stereocenters. The normalized spacial score (nSPS) is 11.5. The third kappa shape index (κ3) is 5.19. The van der Waals surface area contributed by atoms with Gasteiger partial charge in [-0.15, -0.1) is 0 Å². The number of likely N-dealkylation sites (N-methyl/N-ethyl adjacent to an activating group) is 1. The maximum Gasteiger partial charge on any atom is 0.261 e. The van der Waals surface area contributed by atoms with Gasteiger partial charge in [-0.25, -0.2) is 17.8 Å². The van der Waals surface area contributed by atoms with Gasteiger partial charge in [-0.1, -0.05) is 0 Å². The van der Waals surface area contributed by atoms with Crippen molar-refractivity contribution in [2.75, 3.05) is 37.2 Å². The molecule has 0 saturated carbocycles. The molecular weight excluding hydrogens is 319 g/mol. The van der Waals surface area contributed by atoms with E-state index in [2.05, 4.69) is 15.0 Å². The average molecular weight is 338 g/mol. The predicted octanol–water partition coefficient (Wildman–Crippen LogP) is 1.99. The van der Waals surface area contributed by atoms with E-state index < -0.39 is 15.8 Å². The van der Waals surface area contributed by atoms with E-state index in [0.717, 1.165) is 25.2 Å². The first kappa shape index (κ1) is 17.2. The molecule has 2 rings (SSSR count). The van der Waals surface area contributed by atoms with Crippen LogP contribution in [0, 0.1) is 5.82 Å². The molecule has 0 radical (unpaired) electrons. The van der Waals surface area contributed by atoms with Gasteiger partial charge in [0, 0.05) is 13.1 Å². The molecule has 1 aromatic carbocycles. The number of halogens is 1. The number of nitrogens with zero attached hydrogens (tertiary/aromatic N) is 2. The highest BCUT2D eigenvalue weighted by molar-refractivity contribution is 7.92. The maximum absolute atomic E-state index is 12.9. The number of anilines is 2. The summed E-state index contributed by atoms with van der Waals surface area (Å²) in [6, 6.07) is 7.93. The summed E-state index contributed by atoms with van der Waals surface area (Å²) in [4.78, 5) is 6.18. The topological polar surface area (TPSA) is 74.3 Å². The molecule has 8 heteroatoms. The molecule has 0 atom stereocenters. The van der Waals surface area contributed by atoms with Gasteiger partial charge in [0.25, 0.3) is 10.0 Å². The van der Waals surface area contributed by atoms with E-state index in [0.29, 0.717) is 11.5 Å². The summed E-state index contributed by atoms with van der Waals surface area (Å²) in [6.45, 7) is 1.60. The molecule has 0 aliphatic heterocycles. The number of rotatable bonds is 7. The van der Waals surface area contributed by atoms with Crippen molar-refractivity contribution in [1.29, 1.82) is 0 Å². The van der Waals surface area contributed by atoms with Crippen molar-refractivity contribution < 1.29 is 12.8 Å². The lowest BCUT2D eigenvalue weighted by molar-refractivity contribution is 0.425. The number of pyridine rings is 1. The van der Waals surface area contributed by atoms with Crippen molar-refractivity contribution in [3.05, 3.63) is 48.4 Å². The zero-order chi connectivity index (χ0) is 16.9. The molecule has 0 amide bonds. The molecule has 0 fully saturated rings. The second-order valence-electron chi connectivity index (χ2n) is 5.22. The minimum atomic E-state index is -3.75. The SMILES string of the molecule is CN(C)CCNc1ccc(NS(=O)(=O)c2ccc(F)cc2)cn1. The van der Waals surface area contributed by atoms with Crippen molar-refractivity contribution in [3.63, 3.8) is 0 Å². The average Bonchev–Trinajstić information content (AvgIpc) is 2.49. The van der Waals surface area contributed by atoms with Crippen LogP contribution in [0.15, 0.2) is 47.5 Å². The molecule has 0 spiro atoms. The van der Waals surface area contributed by atoms with Gasteiger partial charge in [-0.3, -0.25) is 4.72 Å². The largest absolute Gasteiger partial charge is 0.369 e. The third-order valence-corrected chi connectivity index (χ3v) is 4.40. The first-order valence-electron chi connectivity index (χ1n) is 7.00. The fraction of sp³-hybridized carbons (Fsp3) is 0.267. The predicted molar refractivity (Wildman–Crippen MR) is 88.5 cm³/mol. The van der Waals surface area contributed by atoms with E-state index >= 15 is 0 Å². The van der Waals surface area contributed by atoms with Crippen LogP contribution in [0.3, 0.4) is 0 Å². The minimum absolute atomic E-state index is 0.00733. The molecule has 1 heterocycles. The second-order valence-corrected chi connectivity index (χ2v) is 6.90. The first-order chi connectivity index (χ1) is 10.9. The smallest absolute Gasteiger partial charge is 0.261 e. The number of hydrogen-bond donors (Lipinski definition) is 2. The number of hydrogen-bond acceptors (Lipinski definition) is 5. The lowest BCUT2D eigenvalue weighted by Gasteiger charge is -2.11. The number of aromatic nitrogens is 1. The lowest BCUT2D eigenvalue weighted by atomic mass is 10.4. The maximum atomic E-state index is 12.9. The lowest BCUT2D eigenvalue weighted by Crippen LogP contribution is -2.21. The van der Waals surface area contributed by atoms with Crippen molar-refractivity contribution >= 4 is 21.5 Å². The van der Waals surface area contributed by atoms with Crippen LogP contribution in [0.25, 0.3) is 0 Å². The van der Waals surface area contributed by atoms with Gasteiger partial charge < -0.3 is 10.2 Å². The Kier molecular flexibility index (Phi) is 5.51. The summed E-state index contributed by atoms with van der Waals surface area (Å²) in [7, 11) is 0.194. The van der Waals surface area contributed by atoms with Gasteiger partial charge in [0.2, 0.25) is 0 Å². The van der Waals surface area contributed by atoms with Crippen molar-refractivity contribution in [1.82, 2.24) is 9.88 Å². The zero-order valence-corrected chi connectivity index (χ0v) is 13.8. The van der Waals surface area contributed by atoms with Crippen LogP contribution in [-0.2, 0) is 10.0 Å². The molecule has 124 valence electrons. The van der Waals surface area contributed by atoms with Crippen LogP contribution < -0.4 is 10.0 Å². The summed E-state index contributed by atoms with van der Waals surface area (Å²) in [5.41, 5.74) is 0.340. The second kappa shape index (κ2) is 7.38. The summed E-state index contributed by atoms with van der Waals surface area (Å²) in [6.07, 6.45) is 1.43. The highest BCUT2D eigenvalue weighted by atomic mass is 32.2. The van der Waals surface area contributed by atoms with Gasteiger partial charge in [0.05, 0.1) is 16.8 Å². The Labute approximate surface area is 135 Å². The Morgan fingerprint density at radius 2 is 1.83 bits per heavy atom. The van der Waals surface area contributed by atoms with Crippen LogP contribution in [-0.4, -0.2) is 45.5 Å². The molecule has 0 bridgehead atoms. The van der Waals surface area contributed by atoms with Crippen molar-refractivity contribution in [2.45, 2.75) is 4.90 Å². The highest BCUT2D eigenvalue weighted by Crippen LogP contribution is 2.16. The van der Waals surface area contributed by atoms with E-state index in [-0.39, 0.29) is 4.90 Å². The van der Waals surface area contributed by atoms with Crippen LogP contribution >= 0.6 is 0 Å². The van der Waals surface area contributed by atoms with Gasteiger partial charge in [0.1, 0.15) is 11.6 Å².